The van der Waals surface area contributed by atoms with Gasteiger partial charge in [0.1, 0.15) is 0 Å². The second-order valence-electron chi connectivity index (χ2n) is 4.42. The number of carbonyl (C=O) groups excluding carboxylic acids is 1. The number of carbonyl (C=O) groups is 1. The topological polar surface area (TPSA) is 67.2 Å². The molecule has 1 atom stereocenters. The van der Waals surface area contributed by atoms with Crippen LogP contribution in [-0.4, -0.2) is 17.1 Å². The molecule has 8 heteroatoms. The minimum Gasteiger partial charge on any atom is -0.392 e. The van der Waals surface area contributed by atoms with Gasteiger partial charge in [-0.05, 0) is 24.6 Å². The third kappa shape index (κ3) is 5.58. The second-order valence-corrected chi connectivity index (χ2v) is 4.89. The smallest absolute Gasteiger partial charge is 0.392 e. The van der Waals surface area contributed by atoms with Crippen LogP contribution in [0.1, 0.15) is 25.3 Å². The number of benzene rings is 1. The minimum atomic E-state index is -4.46. The van der Waals surface area contributed by atoms with E-state index in [0.29, 0.717) is 6.42 Å². The first-order valence-corrected chi connectivity index (χ1v) is 6.69. The van der Waals surface area contributed by atoms with Crippen molar-refractivity contribution in [3.05, 3.63) is 29.8 Å². The summed E-state index contributed by atoms with van der Waals surface area (Å²) in [6.45, 7) is 1.90. The largest absolute Gasteiger partial charge is 0.416 e. The fourth-order valence-corrected chi connectivity index (χ4v) is 1.85. The van der Waals surface area contributed by atoms with Crippen molar-refractivity contribution in [2.75, 3.05) is 5.32 Å². The molecule has 0 saturated carbocycles. The van der Waals surface area contributed by atoms with Gasteiger partial charge in [0.15, 0.2) is 0 Å². The van der Waals surface area contributed by atoms with Gasteiger partial charge in [-0.25, -0.2) is 4.79 Å². The van der Waals surface area contributed by atoms with Crippen molar-refractivity contribution in [2.45, 2.75) is 32.0 Å². The predicted octanol–water partition coefficient (Wildman–Crippen LogP) is 3.28. The average molecular weight is 319 g/mol. The minimum absolute atomic E-state index is 0.0421. The molecule has 1 rings (SSSR count). The van der Waals surface area contributed by atoms with Gasteiger partial charge < -0.3 is 16.4 Å². The maximum Gasteiger partial charge on any atom is 0.416 e. The molecule has 4 N–H and O–H groups in total. The number of nitrogens with one attached hydrogen (secondary N) is 2. The van der Waals surface area contributed by atoms with Gasteiger partial charge in [-0.1, -0.05) is 31.6 Å². The molecule has 0 fully saturated rings. The quantitative estimate of drug-likeness (QED) is 0.730. The number of halogens is 3. The van der Waals surface area contributed by atoms with E-state index in [1.165, 1.54) is 12.1 Å². The lowest BCUT2D eigenvalue weighted by atomic mass is 10.1. The van der Waals surface area contributed by atoms with Crippen LogP contribution < -0.4 is 16.4 Å². The Morgan fingerprint density at radius 1 is 1.43 bits per heavy atom. The molecule has 1 aromatic carbocycles. The number of amides is 2. The Morgan fingerprint density at radius 2 is 2.10 bits per heavy atom. The van der Waals surface area contributed by atoms with Crippen LogP contribution in [-0.2, 0) is 6.18 Å². The highest BCUT2D eigenvalue weighted by molar-refractivity contribution is 7.80. The molecule has 0 spiro atoms. The molecule has 116 valence electrons. The van der Waals surface area contributed by atoms with Crippen LogP contribution in [0.15, 0.2) is 24.3 Å². The molecule has 0 aromatic heterocycles. The summed E-state index contributed by atoms with van der Waals surface area (Å²) in [5.74, 6) is 0. The Bertz CT molecular complexity index is 520. The Kier molecular flexibility index (Phi) is 5.95. The maximum atomic E-state index is 12.6. The van der Waals surface area contributed by atoms with Crippen LogP contribution in [0.25, 0.3) is 0 Å². The lowest BCUT2D eigenvalue weighted by molar-refractivity contribution is -0.137. The van der Waals surface area contributed by atoms with Crippen molar-refractivity contribution in [2.24, 2.45) is 5.73 Å². The number of thiocarbonyl (C=S) groups is 1. The summed E-state index contributed by atoms with van der Waals surface area (Å²) in [6.07, 6.45) is -3.14. The van der Waals surface area contributed by atoms with Crippen LogP contribution in [0.5, 0.6) is 0 Å². The standard InChI is InChI=1S/C13H16F3N3OS/c1-2-4-10(11(17)21)19-12(20)18-9-6-3-5-8(7-9)13(14,15)16/h3,5-7,10H,2,4H2,1H3,(H2,17,21)(H2,18,19,20). The van der Waals surface area contributed by atoms with Gasteiger partial charge >= 0.3 is 12.2 Å². The zero-order valence-corrected chi connectivity index (χ0v) is 12.1. The molecule has 21 heavy (non-hydrogen) atoms. The first-order chi connectivity index (χ1) is 9.74. The molecule has 4 nitrogen and oxygen atoms in total. The highest BCUT2D eigenvalue weighted by Crippen LogP contribution is 2.30. The zero-order valence-electron chi connectivity index (χ0n) is 11.3. The van der Waals surface area contributed by atoms with Gasteiger partial charge in [-0.15, -0.1) is 0 Å². The number of rotatable bonds is 5. The van der Waals surface area contributed by atoms with Gasteiger partial charge in [0, 0.05) is 5.69 Å². The van der Waals surface area contributed by atoms with E-state index in [1.54, 1.807) is 0 Å². The van der Waals surface area contributed by atoms with Crippen LogP contribution in [0.3, 0.4) is 0 Å². The number of urea groups is 1. The Labute approximate surface area is 125 Å². The van der Waals surface area contributed by atoms with Crippen LogP contribution in [0.4, 0.5) is 23.7 Å². The molecule has 2 amide bonds. The third-order valence-corrected chi connectivity index (χ3v) is 2.96. The molecule has 0 heterocycles. The molecule has 1 unspecified atom stereocenters. The number of anilines is 1. The zero-order chi connectivity index (χ0) is 16.0. The van der Waals surface area contributed by atoms with Gasteiger partial charge in [-0.2, -0.15) is 13.2 Å². The second kappa shape index (κ2) is 7.26. The van der Waals surface area contributed by atoms with Crippen molar-refractivity contribution in [3.8, 4) is 0 Å². The van der Waals surface area contributed by atoms with Crippen molar-refractivity contribution in [1.82, 2.24) is 5.32 Å². The molecule has 0 aliphatic rings. The molecule has 0 radical (unpaired) electrons. The van der Waals surface area contributed by atoms with Gasteiger partial charge in [-0.3, -0.25) is 0 Å². The summed E-state index contributed by atoms with van der Waals surface area (Å²) in [7, 11) is 0. The monoisotopic (exact) mass is 319 g/mol. The molecular weight excluding hydrogens is 303 g/mol. The molecule has 0 aliphatic carbocycles. The van der Waals surface area contributed by atoms with E-state index < -0.39 is 23.8 Å². The number of hydrogen-bond donors (Lipinski definition) is 3. The summed E-state index contributed by atoms with van der Waals surface area (Å²) in [5.41, 5.74) is 4.69. The summed E-state index contributed by atoms with van der Waals surface area (Å²) in [5, 5.41) is 4.86. The Morgan fingerprint density at radius 3 is 2.62 bits per heavy atom. The van der Waals surface area contributed by atoms with Gasteiger partial charge in [0.05, 0.1) is 16.6 Å². The fourth-order valence-electron chi connectivity index (χ4n) is 1.67. The fraction of sp³-hybridized carbons (Fsp3) is 0.385. The van der Waals surface area contributed by atoms with E-state index in [2.05, 4.69) is 10.6 Å². The van der Waals surface area contributed by atoms with Crippen molar-refractivity contribution in [3.63, 3.8) is 0 Å². The van der Waals surface area contributed by atoms with Crippen molar-refractivity contribution in [1.29, 1.82) is 0 Å². The average Bonchev–Trinajstić information content (AvgIpc) is 2.37. The molecule has 0 aliphatic heterocycles. The number of nitrogens with two attached hydrogens (primary N) is 1. The predicted molar refractivity (Wildman–Crippen MR) is 79.1 cm³/mol. The summed E-state index contributed by atoms with van der Waals surface area (Å²) < 4.78 is 37.7. The lowest BCUT2D eigenvalue weighted by Gasteiger charge is -2.17. The third-order valence-electron chi connectivity index (χ3n) is 2.67. The van der Waals surface area contributed by atoms with Gasteiger partial charge in [0.2, 0.25) is 0 Å². The Balaban J connectivity index is 2.73. The number of hydrogen-bond acceptors (Lipinski definition) is 2. The van der Waals surface area contributed by atoms with E-state index in [4.69, 9.17) is 18.0 Å². The maximum absolute atomic E-state index is 12.6. The first kappa shape index (κ1) is 17.2. The highest BCUT2D eigenvalue weighted by atomic mass is 32.1. The summed E-state index contributed by atoms with van der Waals surface area (Å²) >= 11 is 4.82. The SMILES string of the molecule is CCCC(NC(=O)Nc1cccc(C(F)(F)F)c1)C(N)=S. The van der Waals surface area contributed by atoms with E-state index in [0.717, 1.165) is 18.6 Å². The van der Waals surface area contributed by atoms with E-state index >= 15 is 0 Å². The van der Waals surface area contributed by atoms with Crippen molar-refractivity contribution < 1.29 is 18.0 Å². The van der Waals surface area contributed by atoms with Crippen LogP contribution in [0, 0.1) is 0 Å². The summed E-state index contributed by atoms with van der Waals surface area (Å²) in [4.78, 5) is 11.9. The van der Waals surface area contributed by atoms with E-state index in [-0.39, 0.29) is 10.7 Å². The van der Waals surface area contributed by atoms with Crippen LogP contribution >= 0.6 is 12.2 Å². The van der Waals surface area contributed by atoms with E-state index in [9.17, 15) is 18.0 Å². The molecule has 0 saturated heterocycles. The van der Waals surface area contributed by atoms with Gasteiger partial charge in [0.25, 0.3) is 0 Å². The molecule has 1 aromatic rings. The highest BCUT2D eigenvalue weighted by Gasteiger charge is 2.30. The van der Waals surface area contributed by atoms with Crippen molar-refractivity contribution >= 4 is 28.9 Å². The lowest BCUT2D eigenvalue weighted by Crippen LogP contribution is -2.45. The molecular formula is C13H16F3N3OS. The van der Waals surface area contributed by atoms with Crippen LogP contribution in [0.2, 0.25) is 0 Å². The first-order valence-electron chi connectivity index (χ1n) is 6.28. The normalized spacial score (nSPS) is 12.6. The van der Waals surface area contributed by atoms with E-state index in [1.807, 2.05) is 6.92 Å². The summed E-state index contributed by atoms with van der Waals surface area (Å²) in [6, 6.07) is 3.23. The number of alkyl halides is 3. The molecule has 0 bridgehead atoms. The Hall–Kier alpha value is -1.83.